The number of hydrogen-bond acceptors (Lipinski definition) is 2. The van der Waals surface area contributed by atoms with E-state index in [9.17, 15) is 9.18 Å². The Balaban J connectivity index is 1.27. The fourth-order valence-electron chi connectivity index (χ4n) is 4.30. The van der Waals surface area contributed by atoms with Crippen molar-refractivity contribution in [3.63, 3.8) is 0 Å². The van der Waals surface area contributed by atoms with Crippen LogP contribution in [0, 0.1) is 5.82 Å². The Morgan fingerprint density at radius 1 is 0.968 bits per heavy atom. The van der Waals surface area contributed by atoms with Crippen LogP contribution in [0.4, 0.5) is 14.9 Å². The number of fused-ring (bicyclic) bond motifs is 1. The van der Waals surface area contributed by atoms with Crippen LogP contribution in [-0.4, -0.2) is 33.6 Å². The number of carbonyl (C=O) groups excluding carboxylic acids is 1. The summed E-state index contributed by atoms with van der Waals surface area (Å²) in [5.41, 5.74) is 4.48. The van der Waals surface area contributed by atoms with E-state index in [2.05, 4.69) is 14.9 Å². The summed E-state index contributed by atoms with van der Waals surface area (Å²) in [4.78, 5) is 19.1. The van der Waals surface area contributed by atoms with Gasteiger partial charge in [0, 0.05) is 30.8 Å². The molecule has 31 heavy (non-hydrogen) atoms. The second-order valence-corrected chi connectivity index (χ2v) is 7.84. The summed E-state index contributed by atoms with van der Waals surface area (Å²) in [7, 11) is 0. The Morgan fingerprint density at radius 3 is 2.52 bits per heavy atom. The number of urea groups is 1. The number of rotatable bonds is 3. The smallest absolute Gasteiger partial charge is 0.321 e. The lowest BCUT2D eigenvalue weighted by Crippen LogP contribution is -2.41. The number of carbonyl (C=O) groups is 1. The second-order valence-electron chi connectivity index (χ2n) is 7.84. The third-order valence-electron chi connectivity index (χ3n) is 5.94. The number of nitrogens with one attached hydrogen (secondary N) is 1. The maximum Gasteiger partial charge on any atom is 0.321 e. The summed E-state index contributed by atoms with van der Waals surface area (Å²) < 4.78 is 15.5. The first-order valence-corrected chi connectivity index (χ1v) is 10.5. The average Bonchev–Trinajstić information content (AvgIpc) is 3.23. The van der Waals surface area contributed by atoms with Gasteiger partial charge in [-0.25, -0.2) is 14.2 Å². The Labute approximate surface area is 180 Å². The maximum atomic E-state index is 13.4. The molecule has 0 aliphatic carbocycles. The zero-order valence-electron chi connectivity index (χ0n) is 17.0. The van der Waals surface area contributed by atoms with Gasteiger partial charge in [0.15, 0.2) is 0 Å². The van der Waals surface area contributed by atoms with Gasteiger partial charge in [0.05, 0.1) is 23.0 Å². The first-order chi connectivity index (χ1) is 15.2. The predicted molar refractivity (Wildman–Crippen MR) is 120 cm³/mol. The van der Waals surface area contributed by atoms with Gasteiger partial charge < -0.3 is 14.8 Å². The van der Waals surface area contributed by atoms with Crippen molar-refractivity contribution >= 4 is 22.8 Å². The Hall–Kier alpha value is -3.67. The Kier molecular flexibility index (Phi) is 5.12. The van der Waals surface area contributed by atoms with Crippen molar-refractivity contribution in [3.8, 4) is 11.1 Å². The molecule has 2 heterocycles. The lowest BCUT2D eigenvalue weighted by atomic mass is 10.0. The van der Waals surface area contributed by atoms with E-state index in [-0.39, 0.29) is 17.9 Å². The number of anilines is 1. The zero-order chi connectivity index (χ0) is 21.2. The topological polar surface area (TPSA) is 50.2 Å². The highest BCUT2D eigenvalue weighted by atomic mass is 19.1. The van der Waals surface area contributed by atoms with Crippen molar-refractivity contribution in [1.82, 2.24) is 14.5 Å². The molecule has 0 saturated carbocycles. The van der Waals surface area contributed by atoms with Crippen molar-refractivity contribution in [2.75, 3.05) is 18.4 Å². The first kappa shape index (κ1) is 19.3. The van der Waals surface area contributed by atoms with E-state index in [0.29, 0.717) is 18.6 Å². The van der Waals surface area contributed by atoms with E-state index in [1.165, 1.54) is 12.1 Å². The Morgan fingerprint density at radius 2 is 1.71 bits per heavy atom. The molecule has 0 unspecified atom stereocenters. The number of hydrogen-bond donors (Lipinski definition) is 1. The van der Waals surface area contributed by atoms with Crippen LogP contribution in [0.25, 0.3) is 22.2 Å². The highest BCUT2D eigenvalue weighted by Gasteiger charge is 2.25. The molecule has 4 aromatic rings. The molecule has 1 aromatic heterocycles. The number of para-hydroxylation sites is 1. The molecule has 1 N–H and O–H groups in total. The minimum Gasteiger partial charge on any atom is -0.327 e. The van der Waals surface area contributed by atoms with Gasteiger partial charge >= 0.3 is 6.03 Å². The van der Waals surface area contributed by atoms with Crippen LogP contribution in [0.2, 0.25) is 0 Å². The van der Waals surface area contributed by atoms with Gasteiger partial charge in [-0.2, -0.15) is 0 Å². The van der Waals surface area contributed by atoms with E-state index < -0.39 is 0 Å². The number of halogens is 1. The standard InChI is InChI=1S/C25H23FN4O/c26-19-10-11-24-23(16-19)27-17-30(24)20-12-14-29(15-13-20)25(31)28-22-9-5-4-8-21(22)18-6-2-1-3-7-18/h1-11,16-17,20H,12-15H2,(H,28,31). The number of imidazole rings is 1. The molecule has 1 aliphatic rings. The quantitative estimate of drug-likeness (QED) is 0.467. The first-order valence-electron chi connectivity index (χ1n) is 10.5. The minimum atomic E-state index is -0.278. The summed E-state index contributed by atoms with van der Waals surface area (Å²) in [5.74, 6) is -0.278. The molecule has 1 aliphatic heterocycles. The van der Waals surface area contributed by atoms with E-state index >= 15 is 0 Å². The molecule has 5 nitrogen and oxygen atoms in total. The summed E-state index contributed by atoms with van der Waals surface area (Å²) >= 11 is 0. The highest BCUT2D eigenvalue weighted by molar-refractivity contribution is 5.94. The number of amides is 2. The van der Waals surface area contributed by atoms with Crippen LogP contribution in [0.1, 0.15) is 18.9 Å². The molecule has 0 radical (unpaired) electrons. The van der Waals surface area contributed by atoms with Crippen LogP contribution >= 0.6 is 0 Å². The van der Waals surface area contributed by atoms with Crippen LogP contribution in [0.15, 0.2) is 79.1 Å². The number of likely N-dealkylation sites (tertiary alicyclic amines) is 1. The van der Waals surface area contributed by atoms with E-state index in [1.807, 2.05) is 59.5 Å². The van der Waals surface area contributed by atoms with Gasteiger partial charge in [0.25, 0.3) is 0 Å². The molecule has 2 amide bonds. The lowest BCUT2D eigenvalue weighted by Gasteiger charge is -2.33. The number of benzene rings is 3. The molecule has 1 saturated heterocycles. The third-order valence-corrected chi connectivity index (χ3v) is 5.94. The normalized spacial score (nSPS) is 14.7. The van der Waals surface area contributed by atoms with Crippen LogP contribution in [0.5, 0.6) is 0 Å². The number of piperidine rings is 1. The van der Waals surface area contributed by atoms with Crippen LogP contribution in [-0.2, 0) is 0 Å². The average molecular weight is 414 g/mol. The summed E-state index contributed by atoms with van der Waals surface area (Å²) in [6, 6.07) is 22.8. The fraction of sp³-hybridized carbons (Fsp3) is 0.200. The van der Waals surface area contributed by atoms with E-state index in [4.69, 9.17) is 0 Å². The SMILES string of the molecule is O=C(Nc1ccccc1-c1ccccc1)N1CCC(n2cnc3cc(F)ccc32)CC1. The summed E-state index contributed by atoms with van der Waals surface area (Å²) in [6.07, 6.45) is 3.44. The summed E-state index contributed by atoms with van der Waals surface area (Å²) in [6.45, 7) is 1.32. The highest BCUT2D eigenvalue weighted by Crippen LogP contribution is 2.30. The summed E-state index contributed by atoms with van der Waals surface area (Å²) in [5, 5.41) is 3.09. The molecule has 6 heteroatoms. The van der Waals surface area contributed by atoms with Gasteiger partial charge in [0.1, 0.15) is 5.82 Å². The van der Waals surface area contributed by atoms with Crippen LogP contribution in [0.3, 0.4) is 0 Å². The maximum absolute atomic E-state index is 13.4. The molecular formula is C25H23FN4O. The molecule has 156 valence electrons. The van der Waals surface area contributed by atoms with Crippen molar-refractivity contribution in [3.05, 3.63) is 84.9 Å². The van der Waals surface area contributed by atoms with Gasteiger partial charge in [-0.05, 0) is 36.6 Å². The van der Waals surface area contributed by atoms with Crippen molar-refractivity contribution in [2.45, 2.75) is 18.9 Å². The lowest BCUT2D eigenvalue weighted by molar-refractivity contribution is 0.184. The molecule has 1 fully saturated rings. The Bertz CT molecular complexity index is 1210. The van der Waals surface area contributed by atoms with Gasteiger partial charge in [-0.1, -0.05) is 48.5 Å². The third kappa shape index (κ3) is 3.89. The number of nitrogens with zero attached hydrogens (tertiary/aromatic N) is 3. The minimum absolute atomic E-state index is 0.0839. The van der Waals surface area contributed by atoms with Crippen molar-refractivity contribution in [2.24, 2.45) is 0 Å². The number of aromatic nitrogens is 2. The van der Waals surface area contributed by atoms with Gasteiger partial charge in [-0.3, -0.25) is 0 Å². The van der Waals surface area contributed by atoms with Crippen molar-refractivity contribution in [1.29, 1.82) is 0 Å². The van der Waals surface area contributed by atoms with E-state index in [1.54, 1.807) is 12.4 Å². The predicted octanol–water partition coefficient (Wildman–Crippen LogP) is 5.71. The van der Waals surface area contributed by atoms with Gasteiger partial charge in [-0.15, -0.1) is 0 Å². The monoisotopic (exact) mass is 414 g/mol. The molecule has 0 spiro atoms. The van der Waals surface area contributed by atoms with Crippen LogP contribution < -0.4 is 5.32 Å². The molecule has 0 atom stereocenters. The molecular weight excluding hydrogens is 391 g/mol. The molecule has 5 rings (SSSR count). The molecule has 0 bridgehead atoms. The van der Waals surface area contributed by atoms with Crippen molar-refractivity contribution < 1.29 is 9.18 Å². The van der Waals surface area contributed by atoms with E-state index in [0.717, 1.165) is 35.2 Å². The second kappa shape index (κ2) is 8.22. The van der Waals surface area contributed by atoms with Gasteiger partial charge in [0.2, 0.25) is 0 Å². The zero-order valence-corrected chi connectivity index (χ0v) is 17.0. The largest absolute Gasteiger partial charge is 0.327 e. The fourth-order valence-corrected chi connectivity index (χ4v) is 4.30. The molecule has 3 aromatic carbocycles.